The molecular weight excluding hydrogens is 260 g/mol. The molecule has 1 aromatic carbocycles. The molecule has 0 radical (unpaired) electrons. The molecule has 20 heavy (non-hydrogen) atoms. The van der Waals surface area contributed by atoms with E-state index in [1.54, 1.807) is 5.57 Å². The molecule has 1 aromatic rings. The predicted octanol–water partition coefficient (Wildman–Crippen LogP) is 6.62. The summed E-state index contributed by atoms with van der Waals surface area (Å²) in [7, 11) is 0. The van der Waals surface area contributed by atoms with Crippen molar-refractivity contribution < 1.29 is 0 Å². The summed E-state index contributed by atoms with van der Waals surface area (Å²) >= 11 is 2.00. The SMILES string of the molecule is C1=C(/CSc2ccccc2)CCCCCCCCCC/1. The van der Waals surface area contributed by atoms with E-state index in [-0.39, 0.29) is 0 Å². The summed E-state index contributed by atoms with van der Waals surface area (Å²) in [6.07, 6.45) is 16.6. The minimum Gasteiger partial charge on any atom is -0.122 e. The van der Waals surface area contributed by atoms with Crippen LogP contribution < -0.4 is 0 Å². The minimum absolute atomic E-state index is 1.18. The molecule has 1 heteroatoms. The highest BCUT2D eigenvalue weighted by Gasteiger charge is 2.02. The van der Waals surface area contributed by atoms with Crippen LogP contribution in [0.5, 0.6) is 0 Å². The summed E-state index contributed by atoms with van der Waals surface area (Å²) in [4.78, 5) is 1.40. The zero-order chi connectivity index (χ0) is 13.9. The van der Waals surface area contributed by atoms with Crippen LogP contribution in [0, 0.1) is 0 Å². The quantitative estimate of drug-likeness (QED) is 0.445. The summed E-state index contributed by atoms with van der Waals surface area (Å²) in [5.41, 5.74) is 1.68. The van der Waals surface area contributed by atoms with Crippen molar-refractivity contribution >= 4 is 11.8 Å². The van der Waals surface area contributed by atoms with Crippen LogP contribution in [-0.2, 0) is 0 Å². The Hall–Kier alpha value is -0.690. The van der Waals surface area contributed by atoms with E-state index in [0.29, 0.717) is 0 Å². The van der Waals surface area contributed by atoms with Crippen molar-refractivity contribution in [2.75, 3.05) is 5.75 Å². The maximum atomic E-state index is 2.54. The van der Waals surface area contributed by atoms with E-state index in [1.807, 2.05) is 11.8 Å². The number of hydrogen-bond donors (Lipinski definition) is 0. The van der Waals surface area contributed by atoms with Gasteiger partial charge >= 0.3 is 0 Å². The molecule has 0 nitrogen and oxygen atoms in total. The zero-order valence-corrected chi connectivity index (χ0v) is 13.5. The van der Waals surface area contributed by atoms with Gasteiger partial charge < -0.3 is 0 Å². The second kappa shape index (κ2) is 10.1. The minimum atomic E-state index is 1.18. The van der Waals surface area contributed by atoms with E-state index in [0.717, 1.165) is 0 Å². The average molecular weight is 288 g/mol. The summed E-state index contributed by atoms with van der Waals surface area (Å²) in [6, 6.07) is 10.8. The molecule has 0 atom stereocenters. The monoisotopic (exact) mass is 288 g/mol. The van der Waals surface area contributed by atoms with Crippen LogP contribution in [0.4, 0.5) is 0 Å². The molecule has 110 valence electrons. The number of rotatable bonds is 3. The standard InChI is InChI=1S/C19H28S/c1-2-4-6-9-13-18(14-10-7-5-3-1)17-20-19-15-11-8-12-16-19/h8,11-13,15-16H,1-7,9-10,14,17H2/b18-13+. The highest BCUT2D eigenvalue weighted by atomic mass is 32.2. The molecule has 0 unspecified atom stereocenters. The molecule has 1 aliphatic rings. The molecule has 0 spiro atoms. The predicted molar refractivity (Wildman–Crippen MR) is 91.4 cm³/mol. The Morgan fingerprint density at radius 2 is 1.40 bits per heavy atom. The number of allylic oxidation sites excluding steroid dienone is 1. The highest BCUT2D eigenvalue weighted by molar-refractivity contribution is 7.99. The van der Waals surface area contributed by atoms with Gasteiger partial charge in [-0.1, -0.05) is 68.4 Å². The molecule has 0 fully saturated rings. The first-order chi connectivity index (χ1) is 9.95. The Labute approximate surface area is 129 Å². The second-order valence-electron chi connectivity index (χ2n) is 5.83. The Bertz CT molecular complexity index is 380. The Morgan fingerprint density at radius 3 is 2.15 bits per heavy atom. The van der Waals surface area contributed by atoms with Gasteiger partial charge in [0.25, 0.3) is 0 Å². The number of benzene rings is 1. The van der Waals surface area contributed by atoms with Gasteiger partial charge in [0.2, 0.25) is 0 Å². The van der Waals surface area contributed by atoms with Crippen LogP contribution in [0.25, 0.3) is 0 Å². The zero-order valence-electron chi connectivity index (χ0n) is 12.7. The van der Waals surface area contributed by atoms with Crippen molar-refractivity contribution in [1.82, 2.24) is 0 Å². The van der Waals surface area contributed by atoms with Gasteiger partial charge in [0.15, 0.2) is 0 Å². The van der Waals surface area contributed by atoms with Crippen molar-refractivity contribution in [3.63, 3.8) is 0 Å². The van der Waals surface area contributed by atoms with Crippen molar-refractivity contribution in [1.29, 1.82) is 0 Å². The van der Waals surface area contributed by atoms with Crippen molar-refractivity contribution in [3.8, 4) is 0 Å². The lowest BCUT2D eigenvalue weighted by atomic mass is 10.0. The van der Waals surface area contributed by atoms with Gasteiger partial charge in [-0.2, -0.15) is 0 Å². The third-order valence-corrected chi connectivity index (χ3v) is 5.17. The van der Waals surface area contributed by atoms with Crippen molar-refractivity contribution in [2.24, 2.45) is 0 Å². The Morgan fingerprint density at radius 1 is 0.750 bits per heavy atom. The first-order valence-corrected chi connectivity index (χ1v) is 9.29. The fraction of sp³-hybridized carbons (Fsp3) is 0.579. The average Bonchev–Trinajstić information content (AvgIpc) is 2.48. The smallest absolute Gasteiger partial charge is 0.0190 e. The molecule has 0 heterocycles. The third kappa shape index (κ3) is 6.65. The molecule has 0 aromatic heterocycles. The van der Waals surface area contributed by atoms with Gasteiger partial charge in [-0.15, -0.1) is 11.8 Å². The lowest BCUT2D eigenvalue weighted by Crippen LogP contribution is -1.92. The van der Waals surface area contributed by atoms with Gasteiger partial charge in [-0.3, -0.25) is 0 Å². The topological polar surface area (TPSA) is 0 Å². The maximum absolute atomic E-state index is 2.54. The van der Waals surface area contributed by atoms with Crippen molar-refractivity contribution in [3.05, 3.63) is 42.0 Å². The van der Waals surface area contributed by atoms with Crippen LogP contribution in [0.1, 0.15) is 64.2 Å². The maximum Gasteiger partial charge on any atom is 0.0190 e. The van der Waals surface area contributed by atoms with Gasteiger partial charge in [0.05, 0.1) is 0 Å². The van der Waals surface area contributed by atoms with Gasteiger partial charge in [0, 0.05) is 10.6 Å². The Kier molecular flexibility index (Phi) is 7.92. The lowest BCUT2D eigenvalue weighted by molar-refractivity contribution is 0.563. The number of hydrogen-bond acceptors (Lipinski definition) is 1. The van der Waals surface area contributed by atoms with Crippen LogP contribution in [-0.4, -0.2) is 5.75 Å². The first-order valence-electron chi connectivity index (χ1n) is 8.31. The summed E-state index contributed by atoms with van der Waals surface area (Å²) in [6.45, 7) is 0. The van der Waals surface area contributed by atoms with Crippen LogP contribution in [0.2, 0.25) is 0 Å². The molecule has 0 aliphatic heterocycles. The highest BCUT2D eigenvalue weighted by Crippen LogP contribution is 2.24. The largest absolute Gasteiger partial charge is 0.122 e. The fourth-order valence-corrected chi connectivity index (χ4v) is 3.75. The molecular formula is C19H28S. The van der Waals surface area contributed by atoms with E-state index >= 15 is 0 Å². The Balaban J connectivity index is 1.81. The van der Waals surface area contributed by atoms with Crippen molar-refractivity contribution in [2.45, 2.75) is 69.1 Å². The summed E-state index contributed by atoms with van der Waals surface area (Å²) < 4.78 is 0. The van der Waals surface area contributed by atoms with E-state index in [2.05, 4.69) is 36.4 Å². The van der Waals surface area contributed by atoms with Gasteiger partial charge in [0.1, 0.15) is 0 Å². The first kappa shape index (κ1) is 15.7. The lowest BCUT2D eigenvalue weighted by Gasteiger charge is -2.10. The molecule has 0 saturated heterocycles. The number of thioether (sulfide) groups is 1. The molecule has 1 aliphatic carbocycles. The molecule has 0 bridgehead atoms. The second-order valence-corrected chi connectivity index (χ2v) is 6.88. The van der Waals surface area contributed by atoms with Crippen LogP contribution in [0.3, 0.4) is 0 Å². The summed E-state index contributed by atoms with van der Waals surface area (Å²) in [5, 5.41) is 0. The van der Waals surface area contributed by atoms with E-state index in [1.165, 1.54) is 74.9 Å². The van der Waals surface area contributed by atoms with Gasteiger partial charge in [-0.05, 0) is 37.8 Å². The molecule has 0 saturated carbocycles. The molecule has 0 amide bonds. The normalized spacial score (nSPS) is 21.3. The summed E-state index contributed by atoms with van der Waals surface area (Å²) in [5.74, 6) is 1.18. The van der Waals surface area contributed by atoms with E-state index in [4.69, 9.17) is 0 Å². The molecule has 0 N–H and O–H groups in total. The molecule has 2 rings (SSSR count). The van der Waals surface area contributed by atoms with E-state index < -0.39 is 0 Å². The third-order valence-electron chi connectivity index (χ3n) is 4.05. The van der Waals surface area contributed by atoms with E-state index in [9.17, 15) is 0 Å². The van der Waals surface area contributed by atoms with Crippen LogP contribution >= 0.6 is 11.8 Å². The van der Waals surface area contributed by atoms with Crippen LogP contribution in [0.15, 0.2) is 46.9 Å². The fourth-order valence-electron chi connectivity index (χ4n) is 2.79. The van der Waals surface area contributed by atoms with Gasteiger partial charge in [-0.25, -0.2) is 0 Å².